The fourth-order valence-electron chi connectivity index (χ4n) is 2.41. The summed E-state index contributed by atoms with van der Waals surface area (Å²) in [6.07, 6.45) is 1.12. The Bertz CT molecular complexity index is 562. The molecule has 0 bridgehead atoms. The summed E-state index contributed by atoms with van der Waals surface area (Å²) in [7, 11) is 2.03. The van der Waals surface area contributed by atoms with Crippen molar-refractivity contribution in [1.29, 1.82) is 0 Å². The molecule has 1 saturated heterocycles. The highest BCUT2D eigenvalue weighted by molar-refractivity contribution is 5.79. The summed E-state index contributed by atoms with van der Waals surface area (Å²) in [5.41, 5.74) is 7.75. The summed E-state index contributed by atoms with van der Waals surface area (Å²) in [5.74, 6) is 1.28. The molecule has 1 unspecified atom stereocenters. The summed E-state index contributed by atoms with van der Waals surface area (Å²) >= 11 is 0. The molecule has 3 rings (SSSR count). The van der Waals surface area contributed by atoms with Crippen LogP contribution in [0.2, 0.25) is 0 Å². The van der Waals surface area contributed by atoms with Crippen LogP contribution in [0.25, 0.3) is 11.0 Å². The van der Waals surface area contributed by atoms with E-state index in [9.17, 15) is 0 Å². The van der Waals surface area contributed by atoms with Crippen LogP contribution >= 0.6 is 0 Å². The first-order valence-electron chi connectivity index (χ1n) is 6.21. The molecule has 3 N–H and O–H groups in total. The Morgan fingerprint density at radius 3 is 2.67 bits per heavy atom. The Morgan fingerprint density at radius 1 is 1.28 bits per heavy atom. The number of nitrogens with one attached hydrogen (secondary N) is 1. The molecule has 1 aromatic carbocycles. The van der Waals surface area contributed by atoms with E-state index in [1.165, 1.54) is 0 Å². The Balaban J connectivity index is 2.02. The molecule has 0 aliphatic carbocycles. The van der Waals surface area contributed by atoms with Gasteiger partial charge in [0.25, 0.3) is 0 Å². The van der Waals surface area contributed by atoms with Crippen LogP contribution < -0.4 is 16.0 Å². The molecular weight excluding hydrogens is 226 g/mol. The fraction of sp³-hybridized carbons (Fsp3) is 0.385. The van der Waals surface area contributed by atoms with Crippen LogP contribution in [0.15, 0.2) is 24.3 Å². The summed E-state index contributed by atoms with van der Waals surface area (Å²) in [5, 5.41) is 3.35. The average Bonchev–Trinajstić information content (AvgIpc) is 2.91. The van der Waals surface area contributed by atoms with Crippen LogP contribution in [-0.4, -0.2) is 36.1 Å². The van der Waals surface area contributed by atoms with Gasteiger partial charge in [-0.3, -0.25) is 0 Å². The van der Waals surface area contributed by atoms with E-state index in [2.05, 4.69) is 20.2 Å². The molecule has 0 spiro atoms. The highest BCUT2D eigenvalue weighted by Crippen LogP contribution is 2.24. The fourth-order valence-corrected chi connectivity index (χ4v) is 2.41. The number of nitrogen functional groups attached to an aromatic ring is 1. The number of para-hydroxylation sites is 2. The standard InChI is InChI=1S/C13H17N5/c1-18(9-6-7-15-8-9)13-12(14)16-10-4-2-3-5-11(10)17-13/h2-5,9,15H,6-8H2,1H3,(H2,14,16). The van der Waals surface area contributed by atoms with Gasteiger partial charge in [0, 0.05) is 19.6 Å². The number of anilines is 2. The lowest BCUT2D eigenvalue weighted by molar-refractivity contribution is 0.679. The zero-order valence-corrected chi connectivity index (χ0v) is 10.4. The third-order valence-electron chi connectivity index (χ3n) is 3.49. The molecule has 2 aromatic rings. The minimum absolute atomic E-state index is 0.447. The van der Waals surface area contributed by atoms with Gasteiger partial charge in [-0.2, -0.15) is 0 Å². The maximum absolute atomic E-state index is 6.02. The smallest absolute Gasteiger partial charge is 0.172 e. The predicted octanol–water partition coefficient (Wildman–Crippen LogP) is 1.01. The number of benzene rings is 1. The lowest BCUT2D eigenvalue weighted by Gasteiger charge is -2.25. The normalized spacial score (nSPS) is 19.3. The minimum Gasteiger partial charge on any atom is -0.381 e. The number of fused-ring (bicyclic) bond motifs is 1. The van der Waals surface area contributed by atoms with Gasteiger partial charge in [0.2, 0.25) is 0 Å². The molecule has 0 amide bonds. The predicted molar refractivity (Wildman–Crippen MR) is 73.6 cm³/mol. The molecule has 2 heterocycles. The van der Waals surface area contributed by atoms with Crippen molar-refractivity contribution in [3.63, 3.8) is 0 Å². The average molecular weight is 243 g/mol. The van der Waals surface area contributed by atoms with Gasteiger partial charge in [-0.15, -0.1) is 0 Å². The van der Waals surface area contributed by atoms with Crippen molar-refractivity contribution in [3.8, 4) is 0 Å². The van der Waals surface area contributed by atoms with Gasteiger partial charge in [0.05, 0.1) is 11.0 Å². The van der Waals surface area contributed by atoms with Crippen LogP contribution in [0.5, 0.6) is 0 Å². The Morgan fingerprint density at radius 2 is 2.00 bits per heavy atom. The van der Waals surface area contributed by atoms with Gasteiger partial charge in [-0.25, -0.2) is 9.97 Å². The maximum atomic E-state index is 6.02. The van der Waals surface area contributed by atoms with Gasteiger partial charge in [0.15, 0.2) is 11.6 Å². The van der Waals surface area contributed by atoms with Crippen LogP contribution in [-0.2, 0) is 0 Å². The van der Waals surface area contributed by atoms with E-state index in [1.54, 1.807) is 0 Å². The molecule has 5 nitrogen and oxygen atoms in total. The highest BCUT2D eigenvalue weighted by Gasteiger charge is 2.22. The van der Waals surface area contributed by atoms with Gasteiger partial charge >= 0.3 is 0 Å². The quantitative estimate of drug-likeness (QED) is 0.824. The van der Waals surface area contributed by atoms with E-state index in [0.717, 1.165) is 36.4 Å². The lowest BCUT2D eigenvalue weighted by atomic mass is 10.2. The molecule has 0 radical (unpaired) electrons. The number of likely N-dealkylation sites (N-methyl/N-ethyl adjacent to an activating group) is 1. The highest BCUT2D eigenvalue weighted by atomic mass is 15.2. The van der Waals surface area contributed by atoms with Crippen molar-refractivity contribution in [2.45, 2.75) is 12.5 Å². The zero-order chi connectivity index (χ0) is 12.5. The van der Waals surface area contributed by atoms with E-state index in [0.29, 0.717) is 11.9 Å². The SMILES string of the molecule is CN(c1nc2ccccc2nc1N)C1CCNC1. The maximum Gasteiger partial charge on any atom is 0.172 e. The number of aromatic nitrogens is 2. The summed E-state index contributed by atoms with van der Waals surface area (Å²) in [6, 6.07) is 8.25. The number of hydrogen-bond acceptors (Lipinski definition) is 5. The number of rotatable bonds is 2. The van der Waals surface area contributed by atoms with Crippen LogP contribution in [0.3, 0.4) is 0 Å². The second-order valence-corrected chi connectivity index (χ2v) is 4.68. The van der Waals surface area contributed by atoms with E-state index in [1.807, 2.05) is 31.3 Å². The summed E-state index contributed by atoms with van der Waals surface area (Å²) in [4.78, 5) is 11.2. The summed E-state index contributed by atoms with van der Waals surface area (Å²) in [6.45, 7) is 2.03. The molecule has 1 atom stereocenters. The first kappa shape index (κ1) is 11.2. The Labute approximate surface area is 106 Å². The number of nitrogens with zero attached hydrogens (tertiary/aromatic N) is 3. The van der Waals surface area contributed by atoms with E-state index in [-0.39, 0.29) is 0 Å². The molecule has 1 aromatic heterocycles. The van der Waals surface area contributed by atoms with Crippen molar-refractivity contribution in [2.24, 2.45) is 0 Å². The van der Waals surface area contributed by atoms with Crippen molar-refractivity contribution >= 4 is 22.7 Å². The number of hydrogen-bond donors (Lipinski definition) is 2. The van der Waals surface area contributed by atoms with Crippen molar-refractivity contribution in [1.82, 2.24) is 15.3 Å². The van der Waals surface area contributed by atoms with E-state index in [4.69, 9.17) is 5.73 Å². The van der Waals surface area contributed by atoms with Crippen molar-refractivity contribution < 1.29 is 0 Å². The second-order valence-electron chi connectivity index (χ2n) is 4.68. The largest absolute Gasteiger partial charge is 0.381 e. The first-order valence-corrected chi connectivity index (χ1v) is 6.21. The molecule has 18 heavy (non-hydrogen) atoms. The van der Waals surface area contributed by atoms with Crippen LogP contribution in [0.1, 0.15) is 6.42 Å². The zero-order valence-electron chi connectivity index (χ0n) is 10.4. The van der Waals surface area contributed by atoms with Crippen LogP contribution in [0, 0.1) is 0 Å². The van der Waals surface area contributed by atoms with Gasteiger partial charge in [-0.1, -0.05) is 12.1 Å². The second kappa shape index (κ2) is 4.42. The third kappa shape index (κ3) is 1.86. The minimum atomic E-state index is 0.447. The summed E-state index contributed by atoms with van der Waals surface area (Å²) < 4.78 is 0. The van der Waals surface area contributed by atoms with Crippen molar-refractivity contribution in [3.05, 3.63) is 24.3 Å². The van der Waals surface area contributed by atoms with Gasteiger partial charge in [0.1, 0.15) is 0 Å². The molecule has 5 heteroatoms. The molecule has 1 aliphatic rings. The van der Waals surface area contributed by atoms with Gasteiger partial charge in [-0.05, 0) is 25.1 Å². The molecule has 1 aliphatic heterocycles. The monoisotopic (exact) mass is 243 g/mol. The topological polar surface area (TPSA) is 67.1 Å². The molecule has 94 valence electrons. The molecule has 0 saturated carbocycles. The Kier molecular flexibility index (Phi) is 2.76. The first-order chi connectivity index (χ1) is 8.75. The van der Waals surface area contributed by atoms with Gasteiger partial charge < -0.3 is 16.0 Å². The lowest BCUT2D eigenvalue weighted by Crippen LogP contribution is -2.34. The Hall–Kier alpha value is -1.88. The van der Waals surface area contributed by atoms with E-state index >= 15 is 0 Å². The van der Waals surface area contributed by atoms with Crippen LogP contribution in [0.4, 0.5) is 11.6 Å². The van der Waals surface area contributed by atoms with Crippen molar-refractivity contribution in [2.75, 3.05) is 30.8 Å². The molecule has 1 fully saturated rings. The third-order valence-corrected chi connectivity index (χ3v) is 3.49. The van der Waals surface area contributed by atoms with E-state index < -0.39 is 0 Å². The number of nitrogens with two attached hydrogens (primary N) is 1. The molecular formula is C13H17N5.